The number of nitrogen functional groups attached to an aromatic ring is 1. The predicted molar refractivity (Wildman–Crippen MR) is 70.2 cm³/mol. The lowest BCUT2D eigenvalue weighted by Crippen LogP contribution is -2.28. The van der Waals surface area contributed by atoms with Gasteiger partial charge in [-0.15, -0.1) is 0 Å². The molecule has 8 heteroatoms. The molecule has 0 aliphatic heterocycles. The predicted octanol–water partition coefficient (Wildman–Crippen LogP) is 1.09. The Hall–Kier alpha value is -2.09. The van der Waals surface area contributed by atoms with Crippen LogP contribution >= 0.6 is 0 Å². The van der Waals surface area contributed by atoms with Crippen molar-refractivity contribution >= 4 is 21.4 Å². The van der Waals surface area contributed by atoms with E-state index < -0.39 is 10.0 Å². The lowest BCUT2D eigenvalue weighted by Gasteiger charge is -2.20. The highest BCUT2D eigenvalue weighted by Gasteiger charge is 2.29. The van der Waals surface area contributed by atoms with Gasteiger partial charge >= 0.3 is 0 Å². The quantitative estimate of drug-likeness (QED) is 0.904. The summed E-state index contributed by atoms with van der Waals surface area (Å²) in [6, 6.07) is 1.53. The normalized spacial score (nSPS) is 11.5. The molecule has 2 aromatic rings. The van der Waals surface area contributed by atoms with E-state index in [0.717, 1.165) is 4.31 Å². The summed E-state index contributed by atoms with van der Waals surface area (Å²) in [4.78, 5) is 3.89. The lowest BCUT2D eigenvalue weighted by atomic mass is 10.3. The molecular formula is C11H14N4O3S. The van der Waals surface area contributed by atoms with Crippen molar-refractivity contribution in [2.24, 2.45) is 0 Å². The van der Waals surface area contributed by atoms with E-state index in [1.165, 1.54) is 25.5 Å². The van der Waals surface area contributed by atoms with Crippen molar-refractivity contribution in [1.82, 2.24) is 10.1 Å². The van der Waals surface area contributed by atoms with Gasteiger partial charge in [0.05, 0.1) is 17.6 Å². The zero-order valence-electron chi connectivity index (χ0n) is 10.8. The standard InChI is InChI=1S/C11H14N4O3S/c1-7-11(8(2)18-14-7)19(16,17)15(3)10-4-5-13-6-9(10)12/h4-6H,12H2,1-3H3. The molecule has 0 bridgehead atoms. The molecule has 2 rings (SSSR count). The zero-order valence-corrected chi connectivity index (χ0v) is 11.6. The summed E-state index contributed by atoms with van der Waals surface area (Å²) < 4.78 is 31.1. The maximum absolute atomic E-state index is 12.5. The van der Waals surface area contributed by atoms with Crippen molar-refractivity contribution in [3.63, 3.8) is 0 Å². The van der Waals surface area contributed by atoms with E-state index in [9.17, 15) is 8.42 Å². The van der Waals surface area contributed by atoms with Gasteiger partial charge in [-0.2, -0.15) is 0 Å². The average Bonchev–Trinajstić information content (AvgIpc) is 2.69. The fourth-order valence-electron chi connectivity index (χ4n) is 1.80. The van der Waals surface area contributed by atoms with Crippen molar-refractivity contribution < 1.29 is 12.9 Å². The molecule has 0 radical (unpaired) electrons. The number of sulfonamides is 1. The van der Waals surface area contributed by atoms with E-state index in [4.69, 9.17) is 10.3 Å². The third-order valence-electron chi connectivity index (χ3n) is 2.75. The Bertz CT molecular complexity index is 689. The summed E-state index contributed by atoms with van der Waals surface area (Å²) in [5.74, 6) is 0.247. The molecule has 2 heterocycles. The Morgan fingerprint density at radius 2 is 2.05 bits per heavy atom. The Kier molecular flexibility index (Phi) is 3.19. The number of aromatic nitrogens is 2. The van der Waals surface area contributed by atoms with Crippen LogP contribution < -0.4 is 10.0 Å². The highest BCUT2D eigenvalue weighted by atomic mass is 32.2. The van der Waals surface area contributed by atoms with E-state index in [1.807, 2.05) is 0 Å². The van der Waals surface area contributed by atoms with Crippen LogP contribution in [0.25, 0.3) is 0 Å². The highest BCUT2D eigenvalue weighted by molar-refractivity contribution is 7.92. The first kappa shape index (κ1) is 13.3. The second-order valence-corrected chi connectivity index (χ2v) is 5.97. The number of pyridine rings is 1. The molecule has 19 heavy (non-hydrogen) atoms. The van der Waals surface area contributed by atoms with Gasteiger partial charge in [-0.3, -0.25) is 9.29 Å². The van der Waals surface area contributed by atoms with E-state index >= 15 is 0 Å². The topological polar surface area (TPSA) is 102 Å². The highest BCUT2D eigenvalue weighted by Crippen LogP contribution is 2.29. The molecule has 102 valence electrons. The molecule has 2 aromatic heterocycles. The SMILES string of the molecule is Cc1noc(C)c1S(=O)(=O)N(C)c1ccncc1N. The van der Waals surface area contributed by atoms with Crippen molar-refractivity contribution in [2.45, 2.75) is 18.7 Å². The fraction of sp³-hybridized carbons (Fsp3) is 0.273. The van der Waals surface area contributed by atoms with Crippen LogP contribution in [0.5, 0.6) is 0 Å². The summed E-state index contributed by atoms with van der Waals surface area (Å²) >= 11 is 0. The molecule has 0 saturated heterocycles. The van der Waals surface area contributed by atoms with Crippen LogP contribution in [0.4, 0.5) is 11.4 Å². The molecule has 0 fully saturated rings. The minimum absolute atomic E-state index is 0.0613. The molecule has 0 unspecified atom stereocenters. The van der Waals surface area contributed by atoms with Gasteiger partial charge in [-0.1, -0.05) is 5.16 Å². The van der Waals surface area contributed by atoms with Crippen LogP contribution in [0.15, 0.2) is 27.9 Å². The molecule has 2 N–H and O–H groups in total. The van der Waals surface area contributed by atoms with Crippen LogP contribution in [0, 0.1) is 13.8 Å². The second-order valence-electron chi connectivity index (χ2n) is 4.06. The average molecular weight is 282 g/mol. The molecule has 0 saturated carbocycles. The van der Waals surface area contributed by atoms with Crippen LogP contribution in [0.3, 0.4) is 0 Å². The molecule has 0 aliphatic carbocycles. The van der Waals surface area contributed by atoms with E-state index in [0.29, 0.717) is 11.4 Å². The Morgan fingerprint density at radius 1 is 1.37 bits per heavy atom. The summed E-state index contributed by atoms with van der Waals surface area (Å²) in [6.45, 7) is 3.13. The van der Waals surface area contributed by atoms with E-state index in [2.05, 4.69) is 10.1 Å². The fourth-order valence-corrected chi connectivity index (χ4v) is 3.31. The first-order valence-electron chi connectivity index (χ1n) is 5.47. The third kappa shape index (κ3) is 2.14. The number of hydrogen-bond donors (Lipinski definition) is 1. The number of hydrogen-bond acceptors (Lipinski definition) is 6. The van der Waals surface area contributed by atoms with Gasteiger partial charge in [-0.05, 0) is 19.9 Å². The summed E-state index contributed by atoms with van der Waals surface area (Å²) in [5, 5.41) is 3.66. The van der Waals surface area contributed by atoms with Crippen LogP contribution in [-0.2, 0) is 10.0 Å². The molecule has 0 aromatic carbocycles. The minimum Gasteiger partial charge on any atom is -0.396 e. The molecule has 0 spiro atoms. The summed E-state index contributed by atoms with van der Waals surface area (Å²) in [5.41, 5.74) is 6.69. The Morgan fingerprint density at radius 3 is 2.58 bits per heavy atom. The van der Waals surface area contributed by atoms with Crippen molar-refractivity contribution in [3.05, 3.63) is 29.9 Å². The minimum atomic E-state index is -3.76. The van der Waals surface area contributed by atoms with Crippen LogP contribution in [0.1, 0.15) is 11.5 Å². The van der Waals surface area contributed by atoms with Gasteiger partial charge in [0.1, 0.15) is 5.69 Å². The van der Waals surface area contributed by atoms with Crippen LogP contribution in [-0.4, -0.2) is 25.6 Å². The Labute approximate surface area is 111 Å². The lowest BCUT2D eigenvalue weighted by molar-refractivity contribution is 0.390. The molecule has 0 aliphatic rings. The number of nitrogens with two attached hydrogens (primary N) is 1. The monoisotopic (exact) mass is 282 g/mol. The smallest absolute Gasteiger partial charge is 0.269 e. The molecule has 7 nitrogen and oxygen atoms in total. The maximum Gasteiger partial charge on any atom is 0.269 e. The van der Waals surface area contributed by atoms with Crippen molar-refractivity contribution in [1.29, 1.82) is 0 Å². The van der Waals surface area contributed by atoms with Gasteiger partial charge in [0, 0.05) is 13.2 Å². The van der Waals surface area contributed by atoms with Gasteiger partial charge in [0.2, 0.25) is 0 Å². The third-order valence-corrected chi connectivity index (χ3v) is 4.77. The second kappa shape index (κ2) is 4.54. The van der Waals surface area contributed by atoms with Gasteiger partial charge in [0.25, 0.3) is 10.0 Å². The van der Waals surface area contributed by atoms with Crippen molar-refractivity contribution in [2.75, 3.05) is 17.1 Å². The summed E-state index contributed by atoms with van der Waals surface area (Å²) in [6.07, 6.45) is 2.87. The van der Waals surface area contributed by atoms with Gasteiger partial charge in [-0.25, -0.2) is 8.42 Å². The molecular weight excluding hydrogens is 268 g/mol. The Balaban J connectivity index is 2.55. The number of aryl methyl sites for hydroxylation is 2. The molecule has 0 amide bonds. The first-order valence-corrected chi connectivity index (χ1v) is 6.91. The van der Waals surface area contributed by atoms with Gasteiger partial charge in [0.15, 0.2) is 10.7 Å². The number of anilines is 2. The van der Waals surface area contributed by atoms with Crippen LogP contribution in [0.2, 0.25) is 0 Å². The molecule has 0 atom stereocenters. The maximum atomic E-state index is 12.5. The first-order chi connectivity index (χ1) is 8.85. The van der Waals surface area contributed by atoms with Crippen molar-refractivity contribution in [3.8, 4) is 0 Å². The number of nitrogens with zero attached hydrogens (tertiary/aromatic N) is 3. The largest absolute Gasteiger partial charge is 0.396 e. The number of rotatable bonds is 3. The zero-order chi connectivity index (χ0) is 14.2. The van der Waals surface area contributed by atoms with E-state index in [-0.39, 0.29) is 16.3 Å². The van der Waals surface area contributed by atoms with Gasteiger partial charge < -0.3 is 10.3 Å². The summed E-state index contributed by atoms with van der Waals surface area (Å²) in [7, 11) is -2.34. The van der Waals surface area contributed by atoms with E-state index in [1.54, 1.807) is 13.8 Å².